The number of nitrogens with one attached hydrogen (secondary N) is 3. The number of carbonyl (C=O) groups is 3. The Balaban J connectivity index is 2.28. The van der Waals surface area contributed by atoms with Crippen molar-refractivity contribution >= 4 is 44.6 Å². The number of rotatable bonds is 5. The van der Waals surface area contributed by atoms with Crippen LogP contribution in [0.25, 0.3) is 0 Å². The average molecular weight is 389 g/mol. The maximum atomic E-state index is 12.5. The van der Waals surface area contributed by atoms with Crippen molar-refractivity contribution in [3.8, 4) is 0 Å². The van der Waals surface area contributed by atoms with Gasteiger partial charge >= 0.3 is 0 Å². The lowest BCUT2D eigenvalue weighted by Gasteiger charge is -2.11. The summed E-state index contributed by atoms with van der Waals surface area (Å²) in [5.41, 5.74) is 1.31. The van der Waals surface area contributed by atoms with Crippen LogP contribution in [0.4, 0.5) is 17.1 Å². The van der Waals surface area contributed by atoms with Crippen LogP contribution in [0.5, 0.6) is 0 Å². The maximum absolute atomic E-state index is 12.5. The number of amides is 3. The highest BCUT2D eigenvalue weighted by Crippen LogP contribution is 2.21. The second-order valence-electron chi connectivity index (χ2n) is 5.91. The first-order valence-electron chi connectivity index (χ1n) is 7.86. The highest BCUT2D eigenvalue weighted by Gasteiger charge is 2.12. The van der Waals surface area contributed by atoms with Crippen LogP contribution in [-0.4, -0.2) is 32.4 Å². The lowest BCUT2D eigenvalue weighted by atomic mass is 10.1. The zero-order chi connectivity index (χ0) is 20.2. The molecule has 3 amide bonds. The molecule has 2 rings (SSSR count). The van der Waals surface area contributed by atoms with Crippen LogP contribution in [-0.2, 0) is 19.4 Å². The lowest BCUT2D eigenvalue weighted by Crippen LogP contribution is -2.15. The molecule has 0 aliphatic rings. The van der Waals surface area contributed by atoms with Crippen LogP contribution < -0.4 is 16.0 Å². The van der Waals surface area contributed by atoms with Crippen LogP contribution >= 0.6 is 0 Å². The summed E-state index contributed by atoms with van der Waals surface area (Å²) in [6, 6.07) is 10.2. The van der Waals surface area contributed by atoms with E-state index in [0.29, 0.717) is 17.1 Å². The van der Waals surface area contributed by atoms with E-state index in [0.717, 1.165) is 6.26 Å². The van der Waals surface area contributed by atoms with Crippen LogP contribution in [0.3, 0.4) is 0 Å². The number of hydrogen-bond acceptors (Lipinski definition) is 5. The Morgan fingerprint density at radius 2 is 1.22 bits per heavy atom. The Labute approximate surface area is 156 Å². The molecular formula is C18H19N3O5S. The first-order valence-corrected chi connectivity index (χ1v) is 9.75. The third-order valence-electron chi connectivity index (χ3n) is 3.38. The van der Waals surface area contributed by atoms with Crippen LogP contribution in [0.2, 0.25) is 0 Å². The molecule has 142 valence electrons. The third-order valence-corrected chi connectivity index (χ3v) is 4.50. The minimum absolute atomic E-state index is 0.140. The molecule has 0 aliphatic heterocycles. The average Bonchev–Trinajstić information content (AvgIpc) is 2.53. The molecule has 0 aliphatic carbocycles. The van der Waals surface area contributed by atoms with E-state index in [-0.39, 0.29) is 22.3 Å². The second kappa shape index (κ2) is 8.00. The predicted molar refractivity (Wildman–Crippen MR) is 103 cm³/mol. The Bertz CT molecular complexity index is 964. The standard InChI is InChI=1S/C18H19N3O5S/c1-11(22)19-15-8-13(9-16(10-15)20-12(2)23)18(24)21-14-4-6-17(7-5-14)27(3,25)26/h4-10H,1-3H3,(H,19,22)(H,20,23)(H,21,24). The molecule has 0 unspecified atom stereocenters. The zero-order valence-electron chi connectivity index (χ0n) is 15.0. The van der Waals surface area contributed by atoms with E-state index in [4.69, 9.17) is 0 Å². The van der Waals surface area contributed by atoms with Gasteiger partial charge in [0.2, 0.25) is 11.8 Å². The topological polar surface area (TPSA) is 121 Å². The Kier molecular flexibility index (Phi) is 5.96. The highest BCUT2D eigenvalue weighted by atomic mass is 32.2. The van der Waals surface area contributed by atoms with Gasteiger partial charge < -0.3 is 16.0 Å². The molecule has 0 fully saturated rings. The number of hydrogen-bond donors (Lipinski definition) is 3. The zero-order valence-corrected chi connectivity index (χ0v) is 15.8. The van der Waals surface area contributed by atoms with Crippen molar-refractivity contribution in [2.75, 3.05) is 22.2 Å². The number of carbonyl (C=O) groups excluding carboxylic acids is 3. The third kappa shape index (κ3) is 5.93. The van der Waals surface area contributed by atoms with Crippen molar-refractivity contribution < 1.29 is 22.8 Å². The van der Waals surface area contributed by atoms with Gasteiger partial charge in [-0.25, -0.2) is 8.42 Å². The molecule has 0 heterocycles. The summed E-state index contributed by atoms with van der Waals surface area (Å²) in [4.78, 5) is 35.2. The molecule has 3 N–H and O–H groups in total. The number of sulfone groups is 1. The molecule has 2 aromatic rings. The minimum atomic E-state index is -3.33. The highest BCUT2D eigenvalue weighted by molar-refractivity contribution is 7.90. The summed E-state index contributed by atoms with van der Waals surface area (Å²) >= 11 is 0. The van der Waals surface area contributed by atoms with E-state index in [1.54, 1.807) is 0 Å². The fourth-order valence-corrected chi connectivity index (χ4v) is 2.93. The van der Waals surface area contributed by atoms with E-state index in [1.807, 2.05) is 0 Å². The van der Waals surface area contributed by atoms with Crippen molar-refractivity contribution in [2.45, 2.75) is 18.7 Å². The second-order valence-corrected chi connectivity index (χ2v) is 7.93. The van der Waals surface area contributed by atoms with Crippen molar-refractivity contribution in [3.05, 3.63) is 48.0 Å². The van der Waals surface area contributed by atoms with Gasteiger partial charge in [0.1, 0.15) is 0 Å². The van der Waals surface area contributed by atoms with Crippen molar-refractivity contribution in [1.29, 1.82) is 0 Å². The Morgan fingerprint density at radius 3 is 1.63 bits per heavy atom. The van der Waals surface area contributed by atoms with Crippen molar-refractivity contribution in [1.82, 2.24) is 0 Å². The molecule has 8 nitrogen and oxygen atoms in total. The van der Waals surface area contributed by atoms with Gasteiger partial charge in [-0.05, 0) is 42.5 Å². The summed E-state index contributed by atoms with van der Waals surface area (Å²) in [6.07, 6.45) is 1.09. The first-order chi connectivity index (χ1) is 12.5. The van der Waals surface area contributed by atoms with Crippen LogP contribution in [0, 0.1) is 0 Å². The van der Waals surface area contributed by atoms with Gasteiger partial charge in [0.25, 0.3) is 5.91 Å². The molecule has 0 saturated carbocycles. The lowest BCUT2D eigenvalue weighted by molar-refractivity contribution is -0.115. The molecule has 27 heavy (non-hydrogen) atoms. The van der Waals surface area contributed by atoms with E-state index >= 15 is 0 Å². The predicted octanol–water partition coefficient (Wildman–Crippen LogP) is 2.26. The van der Waals surface area contributed by atoms with Gasteiger partial charge in [0, 0.05) is 42.7 Å². The molecule has 0 spiro atoms. The van der Waals surface area contributed by atoms with Gasteiger partial charge in [-0.1, -0.05) is 0 Å². The molecule has 0 atom stereocenters. The fraction of sp³-hybridized carbons (Fsp3) is 0.167. The van der Waals surface area contributed by atoms with Gasteiger partial charge in [0.05, 0.1) is 4.90 Å². The van der Waals surface area contributed by atoms with E-state index < -0.39 is 15.7 Å². The summed E-state index contributed by atoms with van der Waals surface area (Å²) in [5.74, 6) is -1.13. The molecule has 0 aromatic heterocycles. The summed E-state index contributed by atoms with van der Waals surface area (Å²) < 4.78 is 23.0. The van der Waals surface area contributed by atoms with Gasteiger partial charge in [-0.15, -0.1) is 0 Å². The quantitative estimate of drug-likeness (QED) is 0.724. The summed E-state index contributed by atoms with van der Waals surface area (Å²) in [5, 5.41) is 7.77. The van der Waals surface area contributed by atoms with Crippen LogP contribution in [0.15, 0.2) is 47.4 Å². The van der Waals surface area contributed by atoms with Gasteiger partial charge in [-0.2, -0.15) is 0 Å². The first kappa shape index (κ1) is 20.1. The molecule has 0 bridgehead atoms. The Morgan fingerprint density at radius 1 is 0.741 bits per heavy atom. The van der Waals surface area contributed by atoms with Crippen molar-refractivity contribution in [3.63, 3.8) is 0 Å². The SMILES string of the molecule is CC(=O)Nc1cc(NC(C)=O)cc(C(=O)Nc2ccc(S(C)(=O)=O)cc2)c1. The molecular weight excluding hydrogens is 370 g/mol. The normalized spacial score (nSPS) is 10.8. The summed E-state index contributed by atoms with van der Waals surface area (Å²) in [6.45, 7) is 2.66. The largest absolute Gasteiger partial charge is 0.326 e. The Hall–Kier alpha value is -3.20. The van der Waals surface area contributed by atoms with Crippen LogP contribution in [0.1, 0.15) is 24.2 Å². The maximum Gasteiger partial charge on any atom is 0.255 e. The van der Waals surface area contributed by atoms with E-state index in [9.17, 15) is 22.8 Å². The molecule has 9 heteroatoms. The minimum Gasteiger partial charge on any atom is -0.326 e. The molecule has 0 saturated heterocycles. The monoisotopic (exact) mass is 389 g/mol. The van der Waals surface area contributed by atoms with Gasteiger partial charge in [0.15, 0.2) is 9.84 Å². The summed E-state index contributed by atoms with van der Waals surface area (Å²) in [7, 11) is -3.33. The number of anilines is 3. The fourth-order valence-electron chi connectivity index (χ4n) is 2.30. The van der Waals surface area contributed by atoms with Crippen molar-refractivity contribution in [2.24, 2.45) is 0 Å². The molecule has 2 aromatic carbocycles. The smallest absolute Gasteiger partial charge is 0.255 e. The molecule has 0 radical (unpaired) electrons. The van der Waals surface area contributed by atoms with E-state index in [1.165, 1.54) is 56.3 Å². The van der Waals surface area contributed by atoms with Gasteiger partial charge in [-0.3, -0.25) is 14.4 Å². The van der Waals surface area contributed by atoms with E-state index in [2.05, 4.69) is 16.0 Å². The number of benzene rings is 2.